The fraction of sp³-hybridized carbons (Fsp3) is 0.182. The van der Waals surface area contributed by atoms with Gasteiger partial charge in [-0.2, -0.15) is 5.10 Å². The van der Waals surface area contributed by atoms with Gasteiger partial charge in [-0.15, -0.1) is 0 Å². The van der Waals surface area contributed by atoms with Crippen LogP contribution < -0.4 is 10.2 Å². The average Bonchev–Trinajstić information content (AvgIpc) is 2.68. The molecule has 0 unspecified atom stereocenters. The standard InChI is InChI=1S/C22H22N2O3/c1-15(2)17-8-5-6-10-21(17)27-14-22(26)24-23-13-19-18-9-4-3-7-16(18)11-12-20(19)25/h3-13,15,25H,14H2,1-2H3,(H,24,26)/b23-13+. The molecule has 0 radical (unpaired) electrons. The summed E-state index contributed by atoms with van der Waals surface area (Å²) in [6, 6.07) is 18.8. The summed E-state index contributed by atoms with van der Waals surface area (Å²) in [7, 11) is 0. The minimum atomic E-state index is -0.371. The second kappa shape index (κ2) is 8.36. The van der Waals surface area contributed by atoms with Crippen LogP contribution in [0, 0.1) is 0 Å². The third-order valence-electron chi connectivity index (χ3n) is 4.23. The number of hydrazone groups is 1. The highest BCUT2D eigenvalue weighted by molar-refractivity contribution is 6.02. The minimum Gasteiger partial charge on any atom is -0.507 e. The molecular formula is C22H22N2O3. The van der Waals surface area contributed by atoms with E-state index in [0.29, 0.717) is 17.2 Å². The maximum absolute atomic E-state index is 12.0. The molecule has 1 amide bonds. The second-order valence-corrected chi connectivity index (χ2v) is 6.49. The van der Waals surface area contributed by atoms with Gasteiger partial charge in [-0.1, -0.05) is 62.4 Å². The number of hydrogen-bond donors (Lipinski definition) is 2. The van der Waals surface area contributed by atoms with Crippen molar-refractivity contribution in [3.05, 3.63) is 71.8 Å². The number of hydrogen-bond acceptors (Lipinski definition) is 4. The van der Waals surface area contributed by atoms with Crippen molar-refractivity contribution >= 4 is 22.9 Å². The van der Waals surface area contributed by atoms with Gasteiger partial charge in [-0.05, 0) is 34.4 Å². The van der Waals surface area contributed by atoms with Gasteiger partial charge in [0.05, 0.1) is 6.21 Å². The monoisotopic (exact) mass is 362 g/mol. The highest BCUT2D eigenvalue weighted by Crippen LogP contribution is 2.26. The summed E-state index contributed by atoms with van der Waals surface area (Å²) in [5.41, 5.74) is 4.04. The Kier molecular flexibility index (Phi) is 5.71. The molecule has 0 bridgehead atoms. The van der Waals surface area contributed by atoms with Crippen LogP contribution in [0.5, 0.6) is 11.5 Å². The normalized spacial score (nSPS) is 11.2. The molecule has 5 heteroatoms. The summed E-state index contributed by atoms with van der Waals surface area (Å²) in [6.07, 6.45) is 1.44. The van der Waals surface area contributed by atoms with Gasteiger partial charge in [-0.25, -0.2) is 5.43 Å². The fourth-order valence-electron chi connectivity index (χ4n) is 2.85. The maximum Gasteiger partial charge on any atom is 0.277 e. The van der Waals surface area contributed by atoms with Crippen LogP contribution in [0.25, 0.3) is 10.8 Å². The smallest absolute Gasteiger partial charge is 0.277 e. The molecule has 0 atom stereocenters. The summed E-state index contributed by atoms with van der Waals surface area (Å²) in [6.45, 7) is 4.01. The molecule has 27 heavy (non-hydrogen) atoms. The fourth-order valence-corrected chi connectivity index (χ4v) is 2.85. The molecule has 0 fully saturated rings. The quantitative estimate of drug-likeness (QED) is 0.510. The first kappa shape index (κ1) is 18.5. The molecule has 5 nitrogen and oxygen atoms in total. The Morgan fingerprint density at radius 2 is 1.85 bits per heavy atom. The van der Waals surface area contributed by atoms with Gasteiger partial charge in [0.15, 0.2) is 6.61 Å². The number of ether oxygens (including phenoxy) is 1. The van der Waals surface area contributed by atoms with Gasteiger partial charge in [-0.3, -0.25) is 4.79 Å². The van der Waals surface area contributed by atoms with Gasteiger partial charge in [0.2, 0.25) is 0 Å². The number of aromatic hydroxyl groups is 1. The van der Waals surface area contributed by atoms with Crippen molar-refractivity contribution in [1.82, 2.24) is 5.43 Å². The van der Waals surface area contributed by atoms with E-state index in [1.165, 1.54) is 6.21 Å². The molecule has 0 aliphatic heterocycles. The number of nitrogens with zero attached hydrogens (tertiary/aromatic N) is 1. The largest absolute Gasteiger partial charge is 0.507 e. The third-order valence-corrected chi connectivity index (χ3v) is 4.23. The van der Waals surface area contributed by atoms with E-state index in [-0.39, 0.29) is 18.3 Å². The Morgan fingerprint density at radius 1 is 1.11 bits per heavy atom. The molecule has 2 N–H and O–H groups in total. The number of benzene rings is 3. The van der Waals surface area contributed by atoms with E-state index in [1.807, 2.05) is 54.6 Å². The first-order valence-electron chi connectivity index (χ1n) is 8.80. The van der Waals surface area contributed by atoms with Crippen LogP contribution in [-0.4, -0.2) is 23.8 Å². The van der Waals surface area contributed by atoms with Crippen molar-refractivity contribution in [3.8, 4) is 11.5 Å². The lowest BCUT2D eigenvalue weighted by Gasteiger charge is -2.13. The first-order chi connectivity index (χ1) is 13.1. The van der Waals surface area contributed by atoms with Gasteiger partial charge < -0.3 is 9.84 Å². The Labute approximate surface area is 158 Å². The van der Waals surface area contributed by atoms with E-state index in [0.717, 1.165) is 16.3 Å². The molecule has 0 aliphatic rings. The zero-order valence-corrected chi connectivity index (χ0v) is 15.3. The van der Waals surface area contributed by atoms with Crippen molar-refractivity contribution in [1.29, 1.82) is 0 Å². The van der Waals surface area contributed by atoms with E-state index in [4.69, 9.17) is 4.74 Å². The summed E-state index contributed by atoms with van der Waals surface area (Å²) in [5, 5.41) is 15.9. The molecule has 3 aromatic carbocycles. The summed E-state index contributed by atoms with van der Waals surface area (Å²) in [5.74, 6) is 0.730. The highest BCUT2D eigenvalue weighted by atomic mass is 16.5. The minimum absolute atomic E-state index is 0.105. The molecule has 0 heterocycles. The zero-order valence-electron chi connectivity index (χ0n) is 15.3. The molecule has 0 aliphatic carbocycles. The molecule has 138 valence electrons. The predicted molar refractivity (Wildman–Crippen MR) is 107 cm³/mol. The van der Waals surface area contributed by atoms with E-state index in [2.05, 4.69) is 24.4 Å². The van der Waals surface area contributed by atoms with Gasteiger partial charge in [0, 0.05) is 5.56 Å². The molecular weight excluding hydrogens is 340 g/mol. The van der Waals surface area contributed by atoms with Crippen LogP contribution in [0.1, 0.15) is 30.9 Å². The molecule has 0 saturated carbocycles. The van der Waals surface area contributed by atoms with Gasteiger partial charge >= 0.3 is 0 Å². The number of nitrogens with one attached hydrogen (secondary N) is 1. The SMILES string of the molecule is CC(C)c1ccccc1OCC(=O)N/N=C/c1c(O)ccc2ccccc12. The number of carbonyl (C=O) groups is 1. The molecule has 3 rings (SSSR count). The number of amides is 1. The zero-order chi connectivity index (χ0) is 19.2. The van der Waals surface area contributed by atoms with Crippen molar-refractivity contribution < 1.29 is 14.6 Å². The lowest BCUT2D eigenvalue weighted by Crippen LogP contribution is -2.24. The Morgan fingerprint density at radius 3 is 2.67 bits per heavy atom. The van der Waals surface area contributed by atoms with Crippen LogP contribution in [-0.2, 0) is 4.79 Å². The molecule has 3 aromatic rings. The third kappa shape index (κ3) is 4.44. The van der Waals surface area contributed by atoms with Crippen LogP contribution in [0.3, 0.4) is 0 Å². The summed E-state index contributed by atoms with van der Waals surface area (Å²) >= 11 is 0. The van der Waals surface area contributed by atoms with E-state index < -0.39 is 0 Å². The van der Waals surface area contributed by atoms with E-state index in [9.17, 15) is 9.90 Å². The number of fused-ring (bicyclic) bond motifs is 1. The Bertz CT molecular complexity index is 980. The number of rotatable bonds is 6. The topological polar surface area (TPSA) is 70.9 Å². The van der Waals surface area contributed by atoms with Crippen molar-refractivity contribution in [3.63, 3.8) is 0 Å². The van der Waals surface area contributed by atoms with Gasteiger partial charge in [0.25, 0.3) is 5.91 Å². The van der Waals surface area contributed by atoms with Crippen LogP contribution in [0.15, 0.2) is 65.8 Å². The summed E-state index contributed by atoms with van der Waals surface area (Å²) in [4.78, 5) is 12.0. The van der Waals surface area contributed by atoms with Crippen molar-refractivity contribution in [2.45, 2.75) is 19.8 Å². The van der Waals surface area contributed by atoms with E-state index >= 15 is 0 Å². The molecule has 0 saturated heterocycles. The number of phenolic OH excluding ortho intramolecular Hbond substituents is 1. The van der Waals surface area contributed by atoms with Crippen LogP contribution in [0.4, 0.5) is 0 Å². The average molecular weight is 362 g/mol. The predicted octanol–water partition coefficient (Wildman–Crippen LogP) is 4.20. The van der Waals surface area contributed by atoms with E-state index in [1.54, 1.807) is 6.07 Å². The molecule has 0 aromatic heterocycles. The number of phenols is 1. The Hall–Kier alpha value is -3.34. The highest BCUT2D eigenvalue weighted by Gasteiger charge is 2.09. The van der Waals surface area contributed by atoms with Crippen LogP contribution in [0.2, 0.25) is 0 Å². The Balaban J connectivity index is 1.64. The van der Waals surface area contributed by atoms with Crippen LogP contribution >= 0.6 is 0 Å². The first-order valence-corrected chi connectivity index (χ1v) is 8.80. The maximum atomic E-state index is 12.0. The number of para-hydroxylation sites is 1. The summed E-state index contributed by atoms with van der Waals surface area (Å²) < 4.78 is 5.62. The van der Waals surface area contributed by atoms with Crippen molar-refractivity contribution in [2.24, 2.45) is 5.10 Å². The second-order valence-electron chi connectivity index (χ2n) is 6.49. The number of carbonyl (C=O) groups excluding carboxylic acids is 1. The molecule has 0 spiro atoms. The van der Waals surface area contributed by atoms with Gasteiger partial charge in [0.1, 0.15) is 11.5 Å². The lowest BCUT2D eigenvalue weighted by atomic mass is 10.0. The van der Waals surface area contributed by atoms with Crippen molar-refractivity contribution in [2.75, 3.05) is 6.61 Å². The lowest BCUT2D eigenvalue weighted by molar-refractivity contribution is -0.123.